The molecule has 18 heavy (non-hydrogen) atoms. The molecule has 0 unspecified atom stereocenters. The maximum atomic E-state index is 12.3. The van der Waals surface area contributed by atoms with Crippen LogP contribution in [-0.2, 0) is 4.74 Å². The van der Waals surface area contributed by atoms with Crippen LogP contribution in [0.5, 0.6) is 0 Å². The number of halogens is 3. The Bertz CT molecular complexity index is 405. The summed E-state index contributed by atoms with van der Waals surface area (Å²) in [7, 11) is 0. The lowest BCUT2D eigenvalue weighted by atomic mass is 10.2. The van der Waals surface area contributed by atoms with Gasteiger partial charge in [0.15, 0.2) is 0 Å². The van der Waals surface area contributed by atoms with E-state index in [9.17, 15) is 18.0 Å². The summed E-state index contributed by atoms with van der Waals surface area (Å²) in [6.07, 6.45) is 1.55. The van der Waals surface area contributed by atoms with Crippen LogP contribution in [0, 0.1) is 0 Å². The molecular formula is C12H13F3O2S. The molecule has 0 N–H and O–H groups in total. The third kappa shape index (κ3) is 5.00. The molecule has 2 nitrogen and oxygen atoms in total. The zero-order valence-corrected chi connectivity index (χ0v) is 10.6. The number of esters is 1. The predicted octanol–water partition coefficient (Wildman–Crippen LogP) is 4.26. The van der Waals surface area contributed by atoms with E-state index < -0.39 is 11.5 Å². The normalized spacial score (nSPS) is 11.3. The van der Waals surface area contributed by atoms with Gasteiger partial charge in [-0.2, -0.15) is 13.2 Å². The highest BCUT2D eigenvalue weighted by molar-refractivity contribution is 8.00. The Kier molecular flexibility index (Phi) is 5.53. The van der Waals surface area contributed by atoms with Crippen LogP contribution in [0.15, 0.2) is 29.2 Å². The largest absolute Gasteiger partial charge is 0.462 e. The molecule has 0 bridgehead atoms. The molecule has 0 saturated heterocycles. The third-order valence-electron chi connectivity index (χ3n) is 2.06. The molecule has 0 aliphatic rings. The molecule has 1 aromatic rings. The first-order chi connectivity index (χ1) is 8.44. The van der Waals surface area contributed by atoms with E-state index in [2.05, 4.69) is 0 Å². The topological polar surface area (TPSA) is 26.3 Å². The van der Waals surface area contributed by atoms with Crippen LogP contribution in [0.3, 0.4) is 0 Å². The molecule has 1 aromatic carbocycles. The van der Waals surface area contributed by atoms with E-state index in [1.807, 2.05) is 6.92 Å². The third-order valence-corrected chi connectivity index (χ3v) is 2.87. The van der Waals surface area contributed by atoms with Gasteiger partial charge in [0.1, 0.15) is 0 Å². The number of ether oxygens (including phenoxy) is 1. The number of hydrogen-bond donors (Lipinski definition) is 0. The van der Waals surface area contributed by atoms with Crippen molar-refractivity contribution in [2.24, 2.45) is 0 Å². The molecule has 0 atom stereocenters. The van der Waals surface area contributed by atoms with E-state index in [1.54, 1.807) is 0 Å². The SMILES string of the molecule is CCCCOC(=O)c1ccccc1SC(F)(F)F. The Balaban J connectivity index is 2.78. The van der Waals surface area contributed by atoms with Crippen molar-refractivity contribution in [3.05, 3.63) is 29.8 Å². The highest BCUT2D eigenvalue weighted by atomic mass is 32.2. The average molecular weight is 278 g/mol. The van der Waals surface area contributed by atoms with Crippen molar-refractivity contribution in [1.82, 2.24) is 0 Å². The van der Waals surface area contributed by atoms with E-state index in [1.165, 1.54) is 24.3 Å². The summed E-state index contributed by atoms with van der Waals surface area (Å²) in [4.78, 5) is 11.5. The van der Waals surface area contributed by atoms with E-state index in [0.29, 0.717) is 6.42 Å². The molecule has 0 aromatic heterocycles. The van der Waals surface area contributed by atoms with Gasteiger partial charge < -0.3 is 4.74 Å². The van der Waals surface area contributed by atoms with Gasteiger partial charge in [0.2, 0.25) is 0 Å². The van der Waals surface area contributed by atoms with E-state index in [0.717, 1.165) is 6.42 Å². The van der Waals surface area contributed by atoms with Gasteiger partial charge in [-0.25, -0.2) is 4.79 Å². The molecule has 1 rings (SSSR count). The summed E-state index contributed by atoms with van der Waals surface area (Å²) < 4.78 is 41.8. The average Bonchev–Trinajstić information content (AvgIpc) is 2.27. The first-order valence-corrected chi connectivity index (χ1v) is 6.27. The minimum atomic E-state index is -4.42. The number of benzene rings is 1. The Morgan fingerprint density at radius 3 is 2.61 bits per heavy atom. The molecule has 100 valence electrons. The fourth-order valence-electron chi connectivity index (χ4n) is 1.24. The Morgan fingerprint density at radius 2 is 2.00 bits per heavy atom. The molecular weight excluding hydrogens is 265 g/mol. The maximum Gasteiger partial charge on any atom is 0.446 e. The fraction of sp³-hybridized carbons (Fsp3) is 0.417. The van der Waals surface area contributed by atoms with Gasteiger partial charge in [0, 0.05) is 4.90 Å². The van der Waals surface area contributed by atoms with Gasteiger partial charge in [-0.15, -0.1) is 0 Å². The second-order valence-electron chi connectivity index (χ2n) is 3.53. The molecule has 0 aliphatic heterocycles. The van der Waals surface area contributed by atoms with Crippen LogP contribution in [-0.4, -0.2) is 18.1 Å². The van der Waals surface area contributed by atoms with Gasteiger partial charge in [0.25, 0.3) is 0 Å². The zero-order chi connectivity index (χ0) is 13.6. The van der Waals surface area contributed by atoms with Crippen LogP contribution in [0.25, 0.3) is 0 Å². The minimum absolute atomic E-state index is 0.0454. The van der Waals surface area contributed by atoms with E-state index >= 15 is 0 Å². The number of carbonyl (C=O) groups excluding carboxylic acids is 1. The lowest BCUT2D eigenvalue weighted by molar-refractivity contribution is -0.0328. The number of alkyl halides is 3. The van der Waals surface area contributed by atoms with Crippen LogP contribution in [0.2, 0.25) is 0 Å². The molecule has 0 amide bonds. The fourth-order valence-corrected chi connectivity index (χ4v) is 1.89. The van der Waals surface area contributed by atoms with Crippen LogP contribution >= 0.6 is 11.8 Å². The second-order valence-corrected chi connectivity index (χ2v) is 4.64. The quantitative estimate of drug-likeness (QED) is 0.457. The van der Waals surface area contributed by atoms with Crippen LogP contribution in [0.4, 0.5) is 13.2 Å². The zero-order valence-electron chi connectivity index (χ0n) is 9.79. The first-order valence-electron chi connectivity index (χ1n) is 5.46. The standard InChI is InChI=1S/C12H13F3O2S/c1-2-3-8-17-11(16)9-6-4-5-7-10(9)18-12(13,14)15/h4-7H,2-3,8H2,1H3. The summed E-state index contributed by atoms with van der Waals surface area (Å²) in [5.74, 6) is -0.712. The smallest absolute Gasteiger partial charge is 0.446 e. The summed E-state index contributed by atoms with van der Waals surface area (Å²) in [5.41, 5.74) is -4.46. The van der Waals surface area contributed by atoms with Crippen LogP contribution in [0.1, 0.15) is 30.1 Å². The van der Waals surface area contributed by atoms with Crippen molar-refractivity contribution in [1.29, 1.82) is 0 Å². The van der Waals surface area contributed by atoms with Gasteiger partial charge >= 0.3 is 11.5 Å². The van der Waals surface area contributed by atoms with Crippen molar-refractivity contribution in [2.75, 3.05) is 6.61 Å². The van der Waals surface area contributed by atoms with Gasteiger partial charge in [0.05, 0.1) is 12.2 Å². The summed E-state index contributed by atoms with van der Waals surface area (Å²) >= 11 is -0.306. The van der Waals surface area contributed by atoms with Gasteiger partial charge in [-0.05, 0) is 30.3 Å². The number of unbranched alkanes of at least 4 members (excludes halogenated alkanes) is 1. The molecule has 0 spiro atoms. The molecule has 0 heterocycles. The predicted molar refractivity (Wildman–Crippen MR) is 63.5 cm³/mol. The van der Waals surface area contributed by atoms with Crippen molar-refractivity contribution < 1.29 is 22.7 Å². The van der Waals surface area contributed by atoms with Crippen LogP contribution < -0.4 is 0 Å². The molecule has 0 aliphatic carbocycles. The minimum Gasteiger partial charge on any atom is -0.462 e. The molecule has 6 heteroatoms. The van der Waals surface area contributed by atoms with Gasteiger partial charge in [-0.1, -0.05) is 25.5 Å². The highest BCUT2D eigenvalue weighted by Crippen LogP contribution is 2.38. The second kappa shape index (κ2) is 6.68. The Hall–Kier alpha value is -1.17. The number of rotatable bonds is 5. The van der Waals surface area contributed by atoms with E-state index in [-0.39, 0.29) is 28.8 Å². The lowest BCUT2D eigenvalue weighted by Gasteiger charge is -2.10. The highest BCUT2D eigenvalue weighted by Gasteiger charge is 2.31. The van der Waals surface area contributed by atoms with Crippen molar-refractivity contribution in [2.45, 2.75) is 30.2 Å². The monoisotopic (exact) mass is 278 g/mol. The van der Waals surface area contributed by atoms with Crippen molar-refractivity contribution in [3.63, 3.8) is 0 Å². The van der Waals surface area contributed by atoms with Crippen molar-refractivity contribution >= 4 is 17.7 Å². The lowest BCUT2D eigenvalue weighted by Crippen LogP contribution is -2.09. The molecule has 0 fully saturated rings. The maximum absolute atomic E-state index is 12.3. The number of carbonyl (C=O) groups is 1. The molecule has 0 saturated carbocycles. The number of hydrogen-bond acceptors (Lipinski definition) is 3. The van der Waals surface area contributed by atoms with E-state index in [4.69, 9.17) is 4.74 Å². The first kappa shape index (κ1) is 14.9. The number of thioether (sulfide) groups is 1. The van der Waals surface area contributed by atoms with Gasteiger partial charge in [-0.3, -0.25) is 0 Å². The van der Waals surface area contributed by atoms with Crippen molar-refractivity contribution in [3.8, 4) is 0 Å². The Labute approximate surface area is 108 Å². The summed E-state index contributed by atoms with van der Waals surface area (Å²) in [6, 6.07) is 5.56. The summed E-state index contributed by atoms with van der Waals surface area (Å²) in [6.45, 7) is 2.15. The Morgan fingerprint density at radius 1 is 1.33 bits per heavy atom. The molecule has 0 radical (unpaired) electrons. The summed E-state index contributed by atoms with van der Waals surface area (Å²) in [5, 5.41) is 0.